The van der Waals surface area contributed by atoms with Crippen molar-refractivity contribution in [3.63, 3.8) is 0 Å². The number of nitrogens with one attached hydrogen (secondary N) is 2. The van der Waals surface area contributed by atoms with E-state index in [2.05, 4.69) is 15.5 Å². The van der Waals surface area contributed by atoms with Gasteiger partial charge in [-0.25, -0.2) is 0 Å². The standard InChI is InChI=1S/C22H27Cl2N5O2/c1-28(21(31)13-26-22-18(23)11-15(25)12-19(22)24)17-7-9-29(10-8-17)14-20(30)27-16-5-3-2-4-6-16/h2-6,11-12,17,26H,7-10,13-14,25H2,1H3,(H,27,30). The molecule has 0 aliphatic carbocycles. The molecule has 2 aromatic rings. The Morgan fingerprint density at radius 3 is 2.35 bits per heavy atom. The molecule has 1 aliphatic rings. The third-order valence-electron chi connectivity index (χ3n) is 5.40. The molecule has 166 valence electrons. The maximum Gasteiger partial charge on any atom is 0.241 e. The van der Waals surface area contributed by atoms with E-state index in [1.807, 2.05) is 30.3 Å². The number of nitrogens with two attached hydrogens (primary N) is 1. The van der Waals surface area contributed by atoms with Crippen molar-refractivity contribution in [2.75, 3.05) is 49.6 Å². The molecule has 0 saturated carbocycles. The number of nitrogen functional groups attached to an aromatic ring is 1. The number of benzene rings is 2. The lowest BCUT2D eigenvalue weighted by Gasteiger charge is -2.36. The summed E-state index contributed by atoms with van der Waals surface area (Å²) in [4.78, 5) is 28.8. The first-order chi connectivity index (χ1) is 14.8. The molecule has 0 bridgehead atoms. The number of amides is 2. The van der Waals surface area contributed by atoms with Gasteiger partial charge in [-0.2, -0.15) is 0 Å². The van der Waals surface area contributed by atoms with Crippen LogP contribution in [0.1, 0.15) is 12.8 Å². The van der Waals surface area contributed by atoms with Crippen molar-refractivity contribution in [1.82, 2.24) is 9.80 Å². The summed E-state index contributed by atoms with van der Waals surface area (Å²) in [6, 6.07) is 12.7. The first-order valence-electron chi connectivity index (χ1n) is 10.1. The lowest BCUT2D eigenvalue weighted by atomic mass is 10.0. The number of anilines is 3. The lowest BCUT2D eigenvalue weighted by Crippen LogP contribution is -2.48. The van der Waals surface area contributed by atoms with Crippen LogP contribution in [0.3, 0.4) is 0 Å². The number of nitrogens with zero attached hydrogens (tertiary/aromatic N) is 2. The van der Waals surface area contributed by atoms with Crippen molar-refractivity contribution in [2.24, 2.45) is 0 Å². The molecule has 2 amide bonds. The molecule has 7 nitrogen and oxygen atoms in total. The Labute approximate surface area is 192 Å². The lowest BCUT2D eigenvalue weighted by molar-refractivity contribution is -0.131. The van der Waals surface area contributed by atoms with Gasteiger partial charge in [0, 0.05) is 37.6 Å². The Morgan fingerprint density at radius 1 is 1.13 bits per heavy atom. The molecular weight excluding hydrogens is 437 g/mol. The maximum atomic E-state index is 12.6. The second-order valence-corrected chi connectivity index (χ2v) is 8.45. The number of para-hydroxylation sites is 1. The minimum atomic E-state index is -0.0516. The van der Waals surface area contributed by atoms with Gasteiger partial charge in [0.1, 0.15) is 0 Å². The topological polar surface area (TPSA) is 90.7 Å². The second kappa shape index (κ2) is 10.7. The summed E-state index contributed by atoms with van der Waals surface area (Å²) in [5, 5.41) is 6.67. The molecule has 0 unspecified atom stereocenters. The van der Waals surface area contributed by atoms with E-state index in [0.717, 1.165) is 31.6 Å². The Hall–Kier alpha value is -2.48. The van der Waals surface area contributed by atoms with Crippen LogP contribution in [0.2, 0.25) is 10.0 Å². The van der Waals surface area contributed by atoms with Crippen molar-refractivity contribution in [3.05, 3.63) is 52.5 Å². The van der Waals surface area contributed by atoms with E-state index in [4.69, 9.17) is 28.9 Å². The summed E-state index contributed by atoms with van der Waals surface area (Å²) in [6.07, 6.45) is 1.62. The highest BCUT2D eigenvalue weighted by molar-refractivity contribution is 6.39. The fourth-order valence-corrected chi connectivity index (χ4v) is 4.28. The van der Waals surface area contributed by atoms with Gasteiger partial charge in [0.2, 0.25) is 11.8 Å². The van der Waals surface area contributed by atoms with Crippen LogP contribution >= 0.6 is 23.2 Å². The minimum absolute atomic E-state index is 0.0319. The largest absolute Gasteiger partial charge is 0.399 e. The van der Waals surface area contributed by atoms with Crippen molar-refractivity contribution < 1.29 is 9.59 Å². The average Bonchev–Trinajstić information content (AvgIpc) is 2.73. The van der Waals surface area contributed by atoms with Crippen molar-refractivity contribution >= 4 is 52.1 Å². The van der Waals surface area contributed by atoms with Crippen molar-refractivity contribution in [3.8, 4) is 0 Å². The number of piperidine rings is 1. The number of hydrogen-bond acceptors (Lipinski definition) is 5. The molecule has 1 fully saturated rings. The third-order valence-corrected chi connectivity index (χ3v) is 6.00. The summed E-state index contributed by atoms with van der Waals surface area (Å²) in [6.45, 7) is 1.94. The van der Waals surface area contributed by atoms with E-state index in [-0.39, 0.29) is 24.4 Å². The zero-order chi connectivity index (χ0) is 22.4. The van der Waals surface area contributed by atoms with E-state index in [0.29, 0.717) is 28.0 Å². The molecule has 2 aromatic carbocycles. The Balaban J connectivity index is 1.43. The van der Waals surface area contributed by atoms with Gasteiger partial charge in [-0.15, -0.1) is 0 Å². The highest BCUT2D eigenvalue weighted by atomic mass is 35.5. The van der Waals surface area contributed by atoms with Gasteiger partial charge in [-0.3, -0.25) is 14.5 Å². The minimum Gasteiger partial charge on any atom is -0.399 e. The highest BCUT2D eigenvalue weighted by Crippen LogP contribution is 2.32. The zero-order valence-electron chi connectivity index (χ0n) is 17.4. The number of carbonyl (C=O) groups excluding carboxylic acids is 2. The first kappa shape index (κ1) is 23.2. The highest BCUT2D eigenvalue weighted by Gasteiger charge is 2.26. The summed E-state index contributed by atoms with van der Waals surface area (Å²) < 4.78 is 0. The van der Waals surface area contributed by atoms with E-state index >= 15 is 0 Å². The molecule has 0 aromatic heterocycles. The zero-order valence-corrected chi connectivity index (χ0v) is 18.9. The number of carbonyl (C=O) groups is 2. The quantitative estimate of drug-likeness (QED) is 0.546. The van der Waals surface area contributed by atoms with Crippen LogP contribution in [0.25, 0.3) is 0 Å². The molecular formula is C22H27Cl2N5O2. The van der Waals surface area contributed by atoms with Gasteiger partial charge >= 0.3 is 0 Å². The van der Waals surface area contributed by atoms with Gasteiger partial charge in [0.05, 0.1) is 28.8 Å². The molecule has 0 radical (unpaired) electrons. The SMILES string of the molecule is CN(C(=O)CNc1c(Cl)cc(N)cc1Cl)C1CCN(CC(=O)Nc2ccccc2)CC1. The molecule has 4 N–H and O–H groups in total. The average molecular weight is 464 g/mol. The summed E-state index contributed by atoms with van der Waals surface area (Å²) in [5.41, 5.74) is 7.47. The predicted molar refractivity (Wildman–Crippen MR) is 127 cm³/mol. The molecule has 1 aliphatic heterocycles. The number of rotatable bonds is 7. The van der Waals surface area contributed by atoms with E-state index < -0.39 is 0 Å². The van der Waals surface area contributed by atoms with Gasteiger partial charge in [-0.05, 0) is 37.1 Å². The Kier molecular flexibility index (Phi) is 8.01. The number of hydrogen-bond donors (Lipinski definition) is 3. The monoisotopic (exact) mass is 463 g/mol. The Bertz CT molecular complexity index is 894. The van der Waals surface area contributed by atoms with Gasteiger partial charge in [0.15, 0.2) is 0 Å². The molecule has 9 heteroatoms. The second-order valence-electron chi connectivity index (χ2n) is 7.64. The molecule has 3 rings (SSSR count). The van der Waals surface area contributed by atoms with Crippen LogP contribution in [0.15, 0.2) is 42.5 Å². The molecule has 0 atom stereocenters. The van der Waals surface area contributed by atoms with Crippen LogP contribution in [0.5, 0.6) is 0 Å². The summed E-state index contributed by atoms with van der Waals surface area (Å²) in [5.74, 6) is -0.0836. The fraction of sp³-hybridized carbons (Fsp3) is 0.364. The summed E-state index contributed by atoms with van der Waals surface area (Å²) in [7, 11) is 1.80. The number of likely N-dealkylation sites (tertiary alicyclic amines) is 1. The molecule has 0 spiro atoms. The van der Waals surface area contributed by atoms with Crippen LogP contribution in [0.4, 0.5) is 17.1 Å². The van der Waals surface area contributed by atoms with Crippen LogP contribution in [-0.2, 0) is 9.59 Å². The third kappa shape index (κ3) is 6.50. The van der Waals surface area contributed by atoms with Crippen molar-refractivity contribution in [1.29, 1.82) is 0 Å². The van der Waals surface area contributed by atoms with Crippen molar-refractivity contribution in [2.45, 2.75) is 18.9 Å². The van der Waals surface area contributed by atoms with E-state index in [1.165, 1.54) is 0 Å². The van der Waals surface area contributed by atoms with Gasteiger partial charge in [0.25, 0.3) is 0 Å². The first-order valence-corrected chi connectivity index (χ1v) is 10.9. The summed E-state index contributed by atoms with van der Waals surface area (Å²) >= 11 is 12.3. The van der Waals surface area contributed by atoms with Crippen LogP contribution < -0.4 is 16.4 Å². The number of halogens is 2. The Morgan fingerprint density at radius 2 is 1.74 bits per heavy atom. The number of likely N-dealkylation sites (N-methyl/N-ethyl adjacent to an activating group) is 1. The fourth-order valence-electron chi connectivity index (χ4n) is 3.64. The smallest absolute Gasteiger partial charge is 0.241 e. The van der Waals surface area contributed by atoms with E-state index in [1.54, 1.807) is 24.1 Å². The van der Waals surface area contributed by atoms with Gasteiger partial charge in [-0.1, -0.05) is 41.4 Å². The predicted octanol–water partition coefficient (Wildman–Crippen LogP) is 3.55. The normalized spacial score (nSPS) is 14.8. The van der Waals surface area contributed by atoms with Crippen LogP contribution in [0, 0.1) is 0 Å². The van der Waals surface area contributed by atoms with E-state index in [9.17, 15) is 9.59 Å². The molecule has 31 heavy (non-hydrogen) atoms. The molecule has 1 saturated heterocycles. The maximum absolute atomic E-state index is 12.6. The van der Waals surface area contributed by atoms with Gasteiger partial charge < -0.3 is 21.3 Å². The molecule has 1 heterocycles. The van der Waals surface area contributed by atoms with Crippen LogP contribution in [-0.4, -0.2) is 60.9 Å².